The number of hydrogen-bond donors (Lipinski definition) is 1. The van der Waals surface area contributed by atoms with E-state index >= 15 is 0 Å². The molecule has 0 saturated carbocycles. The maximum atomic E-state index is 11.9. The van der Waals surface area contributed by atoms with Gasteiger partial charge in [0.15, 0.2) is 0 Å². The molecule has 0 atom stereocenters. The minimum Gasteiger partial charge on any atom is -0.352 e. The predicted molar refractivity (Wildman–Crippen MR) is 83.0 cm³/mol. The lowest BCUT2D eigenvalue weighted by Gasteiger charge is -2.26. The van der Waals surface area contributed by atoms with Crippen molar-refractivity contribution in [3.05, 3.63) is 35.4 Å². The largest absolute Gasteiger partial charge is 0.352 e. The Balaban J connectivity index is 1.58. The molecule has 1 heterocycles. The molecule has 1 aromatic rings. The van der Waals surface area contributed by atoms with E-state index in [0.717, 1.165) is 18.5 Å². The Morgan fingerprint density at radius 3 is 2.50 bits per heavy atom. The van der Waals surface area contributed by atoms with E-state index in [1.807, 2.05) is 31.2 Å². The minimum absolute atomic E-state index is 0.0444. The Morgan fingerprint density at radius 2 is 1.80 bits per heavy atom. The molecule has 110 valence electrons. The molecule has 0 aliphatic carbocycles. The van der Waals surface area contributed by atoms with Gasteiger partial charge in [0.2, 0.25) is 0 Å². The van der Waals surface area contributed by atoms with Crippen LogP contribution in [0.15, 0.2) is 24.3 Å². The summed E-state index contributed by atoms with van der Waals surface area (Å²) in [5.41, 5.74) is 1.94. The highest BCUT2D eigenvalue weighted by molar-refractivity contribution is 5.94. The van der Waals surface area contributed by atoms with Crippen LogP contribution in [0.2, 0.25) is 0 Å². The monoisotopic (exact) mass is 274 g/mol. The molecule has 0 bridgehead atoms. The number of nitrogens with one attached hydrogen (secondary N) is 1. The number of amides is 1. The summed E-state index contributed by atoms with van der Waals surface area (Å²) >= 11 is 0. The van der Waals surface area contributed by atoms with E-state index in [0.29, 0.717) is 0 Å². The number of unbranched alkanes of at least 4 members (excludes halogenated alkanes) is 1. The second-order valence-electron chi connectivity index (χ2n) is 5.73. The summed E-state index contributed by atoms with van der Waals surface area (Å²) in [4.78, 5) is 14.4. The number of benzene rings is 1. The van der Waals surface area contributed by atoms with E-state index in [9.17, 15) is 4.79 Å². The van der Waals surface area contributed by atoms with Gasteiger partial charge in [-0.1, -0.05) is 24.1 Å². The van der Waals surface area contributed by atoms with Crippen LogP contribution < -0.4 is 5.32 Å². The molecule has 0 spiro atoms. The molecule has 2 rings (SSSR count). The summed E-state index contributed by atoms with van der Waals surface area (Å²) < 4.78 is 0. The summed E-state index contributed by atoms with van der Waals surface area (Å²) in [5.74, 6) is 0.0444. The van der Waals surface area contributed by atoms with E-state index in [2.05, 4.69) is 10.2 Å². The topological polar surface area (TPSA) is 32.3 Å². The van der Waals surface area contributed by atoms with Gasteiger partial charge >= 0.3 is 0 Å². The van der Waals surface area contributed by atoms with Gasteiger partial charge in [-0.2, -0.15) is 0 Å². The van der Waals surface area contributed by atoms with Crippen molar-refractivity contribution >= 4 is 5.91 Å². The molecule has 1 saturated heterocycles. The molecule has 1 aromatic carbocycles. The third-order valence-electron chi connectivity index (χ3n) is 3.95. The van der Waals surface area contributed by atoms with Crippen LogP contribution in [0.3, 0.4) is 0 Å². The van der Waals surface area contributed by atoms with Crippen LogP contribution in [-0.4, -0.2) is 37.0 Å². The average Bonchev–Trinajstić information content (AvgIpc) is 2.48. The predicted octanol–water partition coefficient (Wildman–Crippen LogP) is 2.99. The average molecular weight is 274 g/mol. The number of carbonyl (C=O) groups is 1. The van der Waals surface area contributed by atoms with Crippen LogP contribution in [0.1, 0.15) is 48.0 Å². The Bertz CT molecular complexity index is 408. The van der Waals surface area contributed by atoms with Gasteiger partial charge in [-0.25, -0.2) is 0 Å². The Kier molecular flexibility index (Phi) is 6.06. The van der Waals surface area contributed by atoms with Gasteiger partial charge in [-0.05, 0) is 64.4 Å². The van der Waals surface area contributed by atoms with Crippen molar-refractivity contribution in [1.29, 1.82) is 0 Å². The van der Waals surface area contributed by atoms with Crippen molar-refractivity contribution in [3.8, 4) is 0 Å². The van der Waals surface area contributed by atoms with E-state index in [1.54, 1.807) is 0 Å². The lowest BCUT2D eigenvalue weighted by atomic mass is 10.1. The molecule has 0 unspecified atom stereocenters. The van der Waals surface area contributed by atoms with Crippen molar-refractivity contribution in [3.63, 3.8) is 0 Å². The lowest BCUT2D eigenvalue weighted by Crippen LogP contribution is -2.31. The van der Waals surface area contributed by atoms with Crippen molar-refractivity contribution in [2.45, 2.75) is 39.0 Å². The first-order valence-electron chi connectivity index (χ1n) is 7.83. The zero-order valence-corrected chi connectivity index (χ0v) is 12.5. The number of rotatable bonds is 6. The Morgan fingerprint density at radius 1 is 1.10 bits per heavy atom. The molecule has 0 radical (unpaired) electrons. The summed E-state index contributed by atoms with van der Waals surface area (Å²) in [6.07, 6.45) is 6.33. The van der Waals surface area contributed by atoms with Crippen LogP contribution in [0.4, 0.5) is 0 Å². The highest BCUT2D eigenvalue weighted by atomic mass is 16.1. The molecule has 1 aliphatic rings. The highest BCUT2D eigenvalue weighted by Gasteiger charge is 2.09. The van der Waals surface area contributed by atoms with Crippen LogP contribution in [-0.2, 0) is 0 Å². The SMILES string of the molecule is Cc1ccc(C(=O)NCCCCN2CCCCC2)cc1. The number of hydrogen-bond acceptors (Lipinski definition) is 2. The van der Waals surface area contributed by atoms with Crippen LogP contribution in [0, 0.1) is 6.92 Å². The first kappa shape index (κ1) is 15.0. The molecule has 1 fully saturated rings. The number of aryl methyl sites for hydroxylation is 1. The van der Waals surface area contributed by atoms with Gasteiger partial charge in [0.05, 0.1) is 0 Å². The second-order valence-corrected chi connectivity index (χ2v) is 5.73. The third kappa shape index (κ3) is 4.97. The molecule has 3 heteroatoms. The quantitative estimate of drug-likeness (QED) is 0.809. The van der Waals surface area contributed by atoms with E-state index in [4.69, 9.17) is 0 Å². The van der Waals surface area contributed by atoms with Gasteiger partial charge in [0.25, 0.3) is 5.91 Å². The molecule has 1 N–H and O–H groups in total. The van der Waals surface area contributed by atoms with Crippen LogP contribution >= 0.6 is 0 Å². The first-order valence-corrected chi connectivity index (χ1v) is 7.83. The zero-order valence-electron chi connectivity index (χ0n) is 12.5. The zero-order chi connectivity index (χ0) is 14.2. The van der Waals surface area contributed by atoms with E-state index in [1.165, 1.54) is 50.9 Å². The summed E-state index contributed by atoms with van der Waals surface area (Å²) in [5, 5.41) is 3.00. The Labute approximate surface area is 122 Å². The van der Waals surface area contributed by atoms with E-state index in [-0.39, 0.29) is 5.91 Å². The smallest absolute Gasteiger partial charge is 0.251 e. The third-order valence-corrected chi connectivity index (χ3v) is 3.95. The van der Waals surface area contributed by atoms with Crippen molar-refractivity contribution < 1.29 is 4.79 Å². The molecule has 20 heavy (non-hydrogen) atoms. The fraction of sp³-hybridized carbons (Fsp3) is 0.588. The molecule has 3 nitrogen and oxygen atoms in total. The number of carbonyl (C=O) groups excluding carboxylic acids is 1. The lowest BCUT2D eigenvalue weighted by molar-refractivity contribution is 0.0952. The normalized spacial score (nSPS) is 16.1. The maximum absolute atomic E-state index is 11.9. The van der Waals surface area contributed by atoms with Gasteiger partial charge in [-0.3, -0.25) is 4.79 Å². The van der Waals surface area contributed by atoms with Crippen molar-refractivity contribution in [2.24, 2.45) is 0 Å². The van der Waals surface area contributed by atoms with E-state index < -0.39 is 0 Å². The van der Waals surface area contributed by atoms with Gasteiger partial charge < -0.3 is 10.2 Å². The highest BCUT2D eigenvalue weighted by Crippen LogP contribution is 2.09. The standard InChI is InChI=1S/C17H26N2O/c1-15-7-9-16(10-8-15)17(20)18-11-3-6-14-19-12-4-2-5-13-19/h7-10H,2-6,11-14H2,1H3,(H,18,20). The molecule has 1 amide bonds. The van der Waals surface area contributed by atoms with Crippen LogP contribution in [0.25, 0.3) is 0 Å². The fourth-order valence-electron chi connectivity index (χ4n) is 2.65. The van der Waals surface area contributed by atoms with Gasteiger partial charge in [-0.15, -0.1) is 0 Å². The molecular weight excluding hydrogens is 248 g/mol. The Hall–Kier alpha value is -1.35. The summed E-state index contributed by atoms with van der Waals surface area (Å²) in [7, 11) is 0. The summed E-state index contributed by atoms with van der Waals surface area (Å²) in [6, 6.07) is 7.73. The van der Waals surface area contributed by atoms with Crippen molar-refractivity contribution in [2.75, 3.05) is 26.2 Å². The molecule has 1 aliphatic heterocycles. The van der Waals surface area contributed by atoms with Crippen molar-refractivity contribution in [1.82, 2.24) is 10.2 Å². The molecule has 0 aromatic heterocycles. The van der Waals surface area contributed by atoms with Gasteiger partial charge in [0.1, 0.15) is 0 Å². The number of nitrogens with zero attached hydrogens (tertiary/aromatic N) is 1. The minimum atomic E-state index is 0.0444. The number of piperidine rings is 1. The fourth-order valence-corrected chi connectivity index (χ4v) is 2.65. The number of likely N-dealkylation sites (tertiary alicyclic amines) is 1. The summed E-state index contributed by atoms with van der Waals surface area (Å²) in [6.45, 7) is 6.51. The first-order chi connectivity index (χ1) is 9.75. The maximum Gasteiger partial charge on any atom is 0.251 e. The second kappa shape index (κ2) is 8.05. The molecular formula is C17H26N2O. The van der Waals surface area contributed by atoms with Crippen LogP contribution in [0.5, 0.6) is 0 Å². The van der Waals surface area contributed by atoms with Gasteiger partial charge in [0, 0.05) is 12.1 Å².